The second-order valence-corrected chi connectivity index (χ2v) is 5.37. The summed E-state index contributed by atoms with van der Waals surface area (Å²) in [5.41, 5.74) is 1.20. The zero-order valence-electron chi connectivity index (χ0n) is 11.2. The van der Waals surface area contributed by atoms with E-state index in [4.69, 9.17) is 21.1 Å². The van der Waals surface area contributed by atoms with Gasteiger partial charge in [0.25, 0.3) is 5.91 Å². The molecule has 104 valence electrons. The quantitative estimate of drug-likeness (QED) is 0.862. The minimum atomic E-state index is -0.577. The van der Waals surface area contributed by atoms with Gasteiger partial charge in [-0.15, -0.1) is 0 Å². The lowest BCUT2D eigenvalue weighted by Gasteiger charge is -2.17. The van der Waals surface area contributed by atoms with Crippen LogP contribution in [-0.4, -0.2) is 35.9 Å². The zero-order chi connectivity index (χ0) is 14.0. The van der Waals surface area contributed by atoms with E-state index in [-0.39, 0.29) is 12.0 Å². The van der Waals surface area contributed by atoms with Gasteiger partial charge in [-0.2, -0.15) is 0 Å². The van der Waals surface area contributed by atoms with Gasteiger partial charge in [0.15, 0.2) is 5.79 Å². The van der Waals surface area contributed by atoms with E-state index >= 15 is 0 Å². The molecule has 0 saturated carbocycles. The van der Waals surface area contributed by atoms with Crippen molar-refractivity contribution in [3.63, 3.8) is 0 Å². The summed E-state index contributed by atoms with van der Waals surface area (Å²) < 4.78 is 11.0. The standard InChI is InChI=1S/C13H17ClN2O3/c1-8-4-9(5-11(14)16-8)12(17)15-6-10-7-18-13(2,3)19-10/h4-5,10H,6-7H2,1-3H3,(H,15,17). The fourth-order valence-electron chi connectivity index (χ4n) is 1.93. The van der Waals surface area contributed by atoms with Gasteiger partial charge in [0.1, 0.15) is 11.3 Å². The maximum Gasteiger partial charge on any atom is 0.251 e. The van der Waals surface area contributed by atoms with E-state index in [0.29, 0.717) is 29.6 Å². The van der Waals surface area contributed by atoms with Crippen LogP contribution in [0.15, 0.2) is 12.1 Å². The van der Waals surface area contributed by atoms with Crippen LogP contribution in [0.2, 0.25) is 5.15 Å². The number of pyridine rings is 1. The highest BCUT2D eigenvalue weighted by Gasteiger charge is 2.32. The number of carbonyl (C=O) groups excluding carboxylic acids is 1. The summed E-state index contributed by atoms with van der Waals surface area (Å²) in [6.45, 7) is 6.37. The Morgan fingerprint density at radius 3 is 2.89 bits per heavy atom. The van der Waals surface area contributed by atoms with Gasteiger partial charge in [0.2, 0.25) is 0 Å². The van der Waals surface area contributed by atoms with Gasteiger partial charge < -0.3 is 14.8 Å². The zero-order valence-corrected chi connectivity index (χ0v) is 12.0. The van der Waals surface area contributed by atoms with Crippen LogP contribution in [0.4, 0.5) is 0 Å². The Hall–Kier alpha value is -1.17. The summed E-state index contributed by atoms with van der Waals surface area (Å²) in [5.74, 6) is -0.771. The van der Waals surface area contributed by atoms with Crippen molar-refractivity contribution >= 4 is 17.5 Å². The highest BCUT2D eigenvalue weighted by molar-refractivity contribution is 6.29. The van der Waals surface area contributed by atoms with E-state index in [2.05, 4.69) is 10.3 Å². The summed E-state index contributed by atoms with van der Waals surface area (Å²) in [7, 11) is 0. The third-order valence-corrected chi connectivity index (χ3v) is 2.94. The van der Waals surface area contributed by atoms with Gasteiger partial charge >= 0.3 is 0 Å². The molecule has 1 atom stereocenters. The van der Waals surface area contributed by atoms with Crippen LogP contribution >= 0.6 is 11.6 Å². The molecule has 2 heterocycles. The number of hydrogen-bond donors (Lipinski definition) is 1. The van der Waals surface area contributed by atoms with E-state index < -0.39 is 5.79 Å². The van der Waals surface area contributed by atoms with Crippen LogP contribution in [-0.2, 0) is 9.47 Å². The van der Waals surface area contributed by atoms with Crippen LogP contribution in [0.5, 0.6) is 0 Å². The molecule has 1 aromatic heterocycles. The fraction of sp³-hybridized carbons (Fsp3) is 0.538. The van der Waals surface area contributed by atoms with Crippen molar-refractivity contribution in [1.82, 2.24) is 10.3 Å². The maximum absolute atomic E-state index is 12.0. The number of nitrogens with zero attached hydrogens (tertiary/aromatic N) is 1. The number of amides is 1. The molecule has 19 heavy (non-hydrogen) atoms. The molecule has 1 N–H and O–H groups in total. The normalized spacial score (nSPS) is 21.4. The molecule has 0 spiro atoms. The average Bonchev–Trinajstić information content (AvgIpc) is 2.64. The van der Waals surface area contributed by atoms with E-state index in [9.17, 15) is 4.79 Å². The van der Waals surface area contributed by atoms with Crippen molar-refractivity contribution in [2.45, 2.75) is 32.7 Å². The molecule has 5 nitrogen and oxygen atoms in total. The molecule has 1 unspecified atom stereocenters. The Morgan fingerprint density at radius 1 is 1.58 bits per heavy atom. The fourth-order valence-corrected chi connectivity index (χ4v) is 2.18. The number of aryl methyl sites for hydroxylation is 1. The first-order chi connectivity index (χ1) is 8.85. The smallest absolute Gasteiger partial charge is 0.251 e. The minimum absolute atomic E-state index is 0.127. The Balaban J connectivity index is 1.91. The van der Waals surface area contributed by atoms with Crippen LogP contribution in [0, 0.1) is 6.92 Å². The van der Waals surface area contributed by atoms with E-state index in [1.165, 1.54) is 0 Å². The summed E-state index contributed by atoms with van der Waals surface area (Å²) in [6, 6.07) is 3.23. The van der Waals surface area contributed by atoms with Crippen molar-refractivity contribution in [1.29, 1.82) is 0 Å². The van der Waals surface area contributed by atoms with Gasteiger partial charge in [-0.05, 0) is 32.9 Å². The lowest BCUT2D eigenvalue weighted by Crippen LogP contribution is -2.34. The Kier molecular flexibility index (Phi) is 4.08. The Morgan fingerprint density at radius 2 is 2.32 bits per heavy atom. The Labute approximate surface area is 117 Å². The first-order valence-electron chi connectivity index (χ1n) is 6.10. The third-order valence-electron chi connectivity index (χ3n) is 2.74. The lowest BCUT2D eigenvalue weighted by molar-refractivity contribution is -0.137. The number of aromatic nitrogens is 1. The molecule has 0 radical (unpaired) electrons. The van der Waals surface area contributed by atoms with E-state index in [0.717, 1.165) is 0 Å². The molecular weight excluding hydrogens is 268 g/mol. The first kappa shape index (κ1) is 14.2. The molecule has 6 heteroatoms. The predicted molar refractivity (Wildman–Crippen MR) is 71.2 cm³/mol. The molecule has 1 saturated heterocycles. The molecule has 0 aromatic carbocycles. The van der Waals surface area contributed by atoms with Crippen molar-refractivity contribution in [2.24, 2.45) is 0 Å². The summed E-state index contributed by atoms with van der Waals surface area (Å²) in [5, 5.41) is 3.11. The van der Waals surface area contributed by atoms with Crippen molar-refractivity contribution < 1.29 is 14.3 Å². The van der Waals surface area contributed by atoms with Gasteiger partial charge in [-0.3, -0.25) is 4.79 Å². The van der Waals surface area contributed by atoms with Crippen LogP contribution in [0.1, 0.15) is 29.9 Å². The number of rotatable bonds is 3. The topological polar surface area (TPSA) is 60.5 Å². The number of halogens is 1. The molecule has 1 aromatic rings. The summed E-state index contributed by atoms with van der Waals surface area (Å²) >= 11 is 5.82. The first-order valence-corrected chi connectivity index (χ1v) is 6.48. The SMILES string of the molecule is Cc1cc(C(=O)NCC2COC(C)(C)O2)cc(Cl)n1. The second kappa shape index (κ2) is 5.45. The van der Waals surface area contributed by atoms with Crippen molar-refractivity contribution in [2.75, 3.05) is 13.2 Å². The van der Waals surface area contributed by atoms with Gasteiger partial charge in [0, 0.05) is 17.8 Å². The maximum atomic E-state index is 12.0. The molecule has 2 rings (SSSR count). The molecule has 1 aliphatic rings. The lowest BCUT2D eigenvalue weighted by atomic mass is 10.2. The number of carbonyl (C=O) groups is 1. The van der Waals surface area contributed by atoms with Crippen molar-refractivity contribution in [3.05, 3.63) is 28.5 Å². The van der Waals surface area contributed by atoms with Crippen LogP contribution < -0.4 is 5.32 Å². The highest BCUT2D eigenvalue weighted by Crippen LogP contribution is 2.21. The monoisotopic (exact) mass is 284 g/mol. The van der Waals surface area contributed by atoms with Gasteiger partial charge in [0.05, 0.1) is 6.61 Å². The highest BCUT2D eigenvalue weighted by atomic mass is 35.5. The molecule has 0 bridgehead atoms. The minimum Gasteiger partial charge on any atom is -0.349 e. The molecule has 1 amide bonds. The van der Waals surface area contributed by atoms with Gasteiger partial charge in [-0.1, -0.05) is 11.6 Å². The average molecular weight is 285 g/mol. The summed E-state index contributed by atoms with van der Waals surface area (Å²) in [6.07, 6.45) is -0.127. The number of nitrogens with one attached hydrogen (secondary N) is 1. The largest absolute Gasteiger partial charge is 0.349 e. The van der Waals surface area contributed by atoms with Crippen LogP contribution in [0.3, 0.4) is 0 Å². The molecule has 0 aliphatic carbocycles. The number of ether oxygens (including phenoxy) is 2. The third kappa shape index (κ3) is 3.89. The molecule has 1 aliphatic heterocycles. The Bertz CT molecular complexity index is 471. The second-order valence-electron chi connectivity index (χ2n) is 4.98. The van der Waals surface area contributed by atoms with Crippen molar-refractivity contribution in [3.8, 4) is 0 Å². The predicted octanol–water partition coefficient (Wildman–Crippen LogP) is 1.92. The van der Waals surface area contributed by atoms with Gasteiger partial charge in [-0.25, -0.2) is 4.98 Å². The van der Waals surface area contributed by atoms with Crippen LogP contribution in [0.25, 0.3) is 0 Å². The van der Waals surface area contributed by atoms with E-state index in [1.807, 2.05) is 13.8 Å². The summed E-state index contributed by atoms with van der Waals surface area (Å²) in [4.78, 5) is 16.0. The number of hydrogen-bond acceptors (Lipinski definition) is 4. The molecular formula is C13H17ClN2O3. The molecule has 1 fully saturated rings. The van der Waals surface area contributed by atoms with E-state index in [1.54, 1.807) is 19.1 Å².